The third-order valence-corrected chi connectivity index (χ3v) is 7.78. The maximum absolute atomic E-state index is 12.4. The molecule has 1 radical (unpaired) electrons. The number of nitro groups is 2. The van der Waals surface area contributed by atoms with Crippen molar-refractivity contribution in [3.05, 3.63) is 123 Å². The zero-order valence-electron chi connectivity index (χ0n) is 25.3. The van der Waals surface area contributed by atoms with E-state index < -0.39 is 53.5 Å². The van der Waals surface area contributed by atoms with E-state index in [1.165, 1.54) is 36.4 Å². The third kappa shape index (κ3) is 8.38. The van der Waals surface area contributed by atoms with Crippen LogP contribution >= 0.6 is 0 Å². The summed E-state index contributed by atoms with van der Waals surface area (Å²) in [5, 5.41) is 85.4. The van der Waals surface area contributed by atoms with E-state index in [4.69, 9.17) is 0 Å². The Bertz CT molecular complexity index is 2500. The maximum Gasteiger partial charge on any atom is 3.00 e. The molecule has 0 aromatic heterocycles. The van der Waals surface area contributed by atoms with Gasteiger partial charge in [-0.15, -0.1) is 0 Å². The Balaban J connectivity index is 0.000000227. The molecule has 0 heterocycles. The van der Waals surface area contributed by atoms with Gasteiger partial charge in [0.2, 0.25) is 0 Å². The summed E-state index contributed by atoms with van der Waals surface area (Å²) in [6, 6.07) is 22.7. The van der Waals surface area contributed by atoms with E-state index in [9.17, 15) is 53.6 Å². The Labute approximate surface area is 297 Å². The molecule has 0 fully saturated rings. The maximum atomic E-state index is 12.4. The smallest absolute Gasteiger partial charge is 0.871 e. The number of azo groups is 2. The predicted octanol–water partition coefficient (Wildman–Crippen LogP) is 5.52. The van der Waals surface area contributed by atoms with Crippen LogP contribution in [0, 0.1) is 20.2 Å². The fourth-order valence-corrected chi connectivity index (χ4v) is 5.23. The zero-order valence-corrected chi connectivity index (χ0v) is 27.4. The molecule has 0 amide bonds. The fourth-order valence-electron chi connectivity index (χ4n) is 4.53. The van der Waals surface area contributed by atoms with Gasteiger partial charge in [-0.05, 0) is 34.4 Å². The Morgan fingerprint density at radius 3 is 1.55 bits per heavy atom. The molecular weight excluding hydrogens is 728 g/mol. The van der Waals surface area contributed by atoms with Crippen molar-refractivity contribution in [1.29, 1.82) is 0 Å². The molecular formula is C32H17CrN6O11S-2. The summed E-state index contributed by atoms with van der Waals surface area (Å²) in [6.07, 6.45) is 0. The minimum absolute atomic E-state index is 0. The van der Waals surface area contributed by atoms with Gasteiger partial charge in [0.25, 0.3) is 11.4 Å². The molecule has 0 spiro atoms. The summed E-state index contributed by atoms with van der Waals surface area (Å²) in [5.74, 6) is -2.44. The number of rotatable bonds is 7. The molecule has 0 saturated heterocycles. The van der Waals surface area contributed by atoms with Crippen LogP contribution in [-0.4, -0.2) is 22.8 Å². The van der Waals surface area contributed by atoms with E-state index in [-0.39, 0.29) is 56.6 Å². The van der Waals surface area contributed by atoms with Crippen LogP contribution in [0.2, 0.25) is 0 Å². The summed E-state index contributed by atoms with van der Waals surface area (Å²) >= 11 is 0. The minimum atomic E-state index is -4.90. The first-order valence-corrected chi connectivity index (χ1v) is 15.3. The van der Waals surface area contributed by atoms with Crippen LogP contribution in [-0.2, 0) is 27.5 Å². The summed E-state index contributed by atoms with van der Waals surface area (Å²) in [5.41, 5.74) is -1.44. The molecule has 6 rings (SSSR count). The van der Waals surface area contributed by atoms with Gasteiger partial charge in [-0.25, -0.2) is 8.42 Å². The van der Waals surface area contributed by atoms with Crippen LogP contribution in [0.25, 0.3) is 21.5 Å². The van der Waals surface area contributed by atoms with Gasteiger partial charge in [-0.3, -0.25) is 20.2 Å². The van der Waals surface area contributed by atoms with E-state index in [1.807, 2.05) is 12.1 Å². The van der Waals surface area contributed by atoms with Crippen LogP contribution in [0.3, 0.4) is 0 Å². The Morgan fingerprint density at radius 2 is 1.02 bits per heavy atom. The zero-order chi connectivity index (χ0) is 36.2. The van der Waals surface area contributed by atoms with Gasteiger partial charge < -0.3 is 25.0 Å². The monoisotopic (exact) mass is 745 g/mol. The largest absolute Gasteiger partial charge is 3.00 e. The Morgan fingerprint density at radius 1 is 0.529 bits per heavy atom. The van der Waals surface area contributed by atoms with Crippen molar-refractivity contribution in [3.63, 3.8) is 0 Å². The van der Waals surface area contributed by atoms with E-state index in [1.54, 1.807) is 18.2 Å². The molecule has 0 atom stereocenters. The third-order valence-electron chi connectivity index (χ3n) is 6.90. The molecule has 0 unspecified atom stereocenters. The number of hydrogen-bond acceptors (Lipinski definition) is 15. The van der Waals surface area contributed by atoms with E-state index >= 15 is 0 Å². The molecule has 51 heavy (non-hydrogen) atoms. The Kier molecular flexibility index (Phi) is 11.2. The molecule has 0 bridgehead atoms. The molecule has 19 heteroatoms. The van der Waals surface area contributed by atoms with Crippen LogP contribution in [0.1, 0.15) is 0 Å². The van der Waals surface area contributed by atoms with Crippen molar-refractivity contribution in [1.82, 2.24) is 0 Å². The van der Waals surface area contributed by atoms with Crippen molar-refractivity contribution in [2.45, 2.75) is 4.90 Å². The van der Waals surface area contributed by atoms with Crippen molar-refractivity contribution >= 4 is 65.8 Å². The second-order valence-electron chi connectivity index (χ2n) is 10.1. The van der Waals surface area contributed by atoms with Gasteiger partial charge in [0, 0.05) is 29.7 Å². The van der Waals surface area contributed by atoms with E-state index in [0.717, 1.165) is 41.8 Å². The average molecular weight is 746 g/mol. The molecule has 0 saturated carbocycles. The van der Waals surface area contributed by atoms with Crippen LogP contribution in [0.15, 0.2) is 128 Å². The van der Waals surface area contributed by atoms with E-state index in [2.05, 4.69) is 20.5 Å². The van der Waals surface area contributed by atoms with E-state index in [0.29, 0.717) is 5.39 Å². The minimum Gasteiger partial charge on any atom is -0.871 e. The van der Waals surface area contributed by atoms with Crippen LogP contribution in [0.4, 0.5) is 34.1 Å². The van der Waals surface area contributed by atoms with Gasteiger partial charge in [0.05, 0.1) is 37.5 Å². The predicted molar refractivity (Wildman–Crippen MR) is 168 cm³/mol. The van der Waals surface area contributed by atoms with Crippen LogP contribution < -0.4 is 20.4 Å². The molecule has 17 nitrogen and oxygen atoms in total. The second kappa shape index (κ2) is 15.4. The SMILES string of the molecule is O=[N+]([O-])c1ccc(N=Nc2c([O-])ccc3ccccc23)c([O-])c1.O=[N+]([O-])c1ccc(N=Nc2cc(S(=O)(=O)[O-])c3ccccc3c2[O-])c([O-])c1.[Cr+3]. The normalized spacial score (nSPS) is 11.3. The van der Waals surface area contributed by atoms with Gasteiger partial charge in [0.15, 0.2) is 0 Å². The molecule has 0 aliphatic carbocycles. The first kappa shape index (κ1) is 37.3. The van der Waals surface area contributed by atoms with Gasteiger partial charge >= 0.3 is 17.4 Å². The van der Waals surface area contributed by atoms with Gasteiger partial charge in [-0.2, -0.15) is 20.5 Å². The number of fused-ring (bicyclic) bond motifs is 2. The van der Waals surface area contributed by atoms with Crippen molar-refractivity contribution in [3.8, 4) is 23.0 Å². The topological polar surface area (TPSA) is 285 Å². The summed E-state index contributed by atoms with van der Waals surface area (Å²) in [6.45, 7) is 0. The first-order chi connectivity index (χ1) is 23.7. The van der Waals surface area contributed by atoms with Gasteiger partial charge in [0.1, 0.15) is 10.1 Å². The Hall–Kier alpha value is -6.52. The van der Waals surface area contributed by atoms with Crippen LogP contribution in [0.5, 0.6) is 23.0 Å². The average Bonchev–Trinajstić information content (AvgIpc) is 3.08. The quantitative estimate of drug-likeness (QED) is 0.0847. The molecule has 0 N–H and O–H groups in total. The number of nitrogens with zero attached hydrogens (tertiary/aromatic N) is 6. The second-order valence-corrected chi connectivity index (χ2v) is 11.4. The fraction of sp³-hybridized carbons (Fsp3) is 0. The van der Waals surface area contributed by atoms with Crippen molar-refractivity contribution < 1.29 is 60.6 Å². The molecule has 255 valence electrons. The van der Waals surface area contributed by atoms with Crippen molar-refractivity contribution in [2.75, 3.05) is 0 Å². The number of nitro benzene ring substituents is 2. The number of non-ortho nitro benzene ring substituents is 2. The van der Waals surface area contributed by atoms with Gasteiger partial charge in [-0.1, -0.05) is 83.7 Å². The number of benzene rings is 6. The number of hydrogen-bond donors (Lipinski definition) is 0. The molecule has 6 aromatic rings. The van der Waals surface area contributed by atoms with Crippen molar-refractivity contribution in [2.24, 2.45) is 20.5 Å². The summed E-state index contributed by atoms with van der Waals surface area (Å²) in [4.78, 5) is 19.2. The molecule has 0 aliphatic heterocycles. The first-order valence-electron chi connectivity index (χ1n) is 13.9. The molecule has 0 aliphatic rings. The standard InChI is InChI=1S/C16H11N3O7S.C16H11N3O4.Cr/c20-14-7-9(19(22)23)5-6-12(14)17-18-13-8-15(27(24,25)26)10-3-1-2-4-11(10)16(13)21;20-14-8-5-10-3-1-2-4-12(10)16(14)18-17-13-7-6-11(19(22)23)9-15(13)21;/h1-8,20-21H,(H,24,25,26);1-9,20-21H;/q;;+3/p-5. The summed E-state index contributed by atoms with van der Waals surface area (Å²) in [7, 11) is -4.90. The molecule has 6 aromatic carbocycles. The summed E-state index contributed by atoms with van der Waals surface area (Å²) < 4.78 is 34.5.